The molecular weight excluding hydrogens is 470 g/mol. The number of carbonyl (C=O) groups is 1. The van der Waals surface area contributed by atoms with Gasteiger partial charge in [0.2, 0.25) is 12.7 Å². The van der Waals surface area contributed by atoms with Crippen molar-refractivity contribution in [1.29, 1.82) is 0 Å². The minimum Gasteiger partial charge on any atom is -0.454 e. The first-order valence-electron chi connectivity index (χ1n) is 10.8. The smallest absolute Gasteiger partial charge is 0.272 e. The molecule has 1 amide bonds. The van der Waals surface area contributed by atoms with E-state index in [9.17, 15) is 4.79 Å². The lowest BCUT2D eigenvalue weighted by Gasteiger charge is -2.16. The van der Waals surface area contributed by atoms with Crippen LogP contribution in [-0.4, -0.2) is 38.8 Å². The van der Waals surface area contributed by atoms with Gasteiger partial charge in [-0.2, -0.15) is 4.98 Å². The van der Waals surface area contributed by atoms with Crippen LogP contribution in [-0.2, 0) is 0 Å². The van der Waals surface area contributed by atoms with Gasteiger partial charge in [0.1, 0.15) is 17.8 Å². The first-order chi connectivity index (χ1) is 17.0. The van der Waals surface area contributed by atoms with E-state index in [4.69, 9.17) is 26.8 Å². The number of rotatable bonds is 7. The number of fused-ring (bicyclic) bond motifs is 1. The Hall–Kier alpha value is -4.15. The molecule has 1 aliphatic heterocycles. The van der Waals surface area contributed by atoms with Crippen LogP contribution in [0.15, 0.2) is 61.2 Å². The summed E-state index contributed by atoms with van der Waals surface area (Å²) < 4.78 is 12.4. The number of hydrogen-bond acceptors (Lipinski definition) is 8. The van der Waals surface area contributed by atoms with Gasteiger partial charge in [-0.15, -0.1) is 0 Å². The summed E-state index contributed by atoms with van der Waals surface area (Å²) in [5.74, 6) is 1.96. The summed E-state index contributed by atoms with van der Waals surface area (Å²) in [6.45, 7) is 2.29. The highest BCUT2D eigenvalue weighted by Gasteiger charge is 2.18. The van der Waals surface area contributed by atoms with Crippen molar-refractivity contribution in [2.45, 2.75) is 13.0 Å². The van der Waals surface area contributed by atoms with Gasteiger partial charge in [0, 0.05) is 41.3 Å². The molecule has 0 fully saturated rings. The number of aryl methyl sites for hydroxylation is 1. The number of anilines is 2. The minimum atomic E-state index is -0.398. The van der Waals surface area contributed by atoms with Crippen LogP contribution in [0, 0.1) is 6.92 Å². The number of benzene rings is 2. The molecular formula is C24H22ClN7O3. The lowest BCUT2D eigenvalue weighted by atomic mass is 10.1. The Bertz CT molecular complexity index is 1390. The minimum absolute atomic E-state index is 0.200. The highest BCUT2D eigenvalue weighted by molar-refractivity contribution is 6.30. The maximum atomic E-state index is 12.9. The topological polar surface area (TPSA) is 129 Å². The maximum absolute atomic E-state index is 12.9. The molecule has 35 heavy (non-hydrogen) atoms. The predicted octanol–water partition coefficient (Wildman–Crippen LogP) is 3.53. The van der Waals surface area contributed by atoms with Crippen LogP contribution in [0.2, 0.25) is 5.02 Å². The Morgan fingerprint density at radius 1 is 1.20 bits per heavy atom. The van der Waals surface area contributed by atoms with E-state index in [1.54, 1.807) is 29.1 Å². The summed E-state index contributed by atoms with van der Waals surface area (Å²) in [6.07, 6.45) is 4.84. The zero-order valence-corrected chi connectivity index (χ0v) is 19.5. The summed E-state index contributed by atoms with van der Waals surface area (Å²) >= 11 is 6.08. The van der Waals surface area contributed by atoms with E-state index in [0.29, 0.717) is 28.3 Å². The molecule has 178 valence electrons. The Kier molecular flexibility index (Phi) is 6.21. The van der Waals surface area contributed by atoms with Gasteiger partial charge in [-0.25, -0.2) is 9.97 Å². The lowest BCUT2D eigenvalue weighted by molar-refractivity contribution is 0.0933. The van der Waals surface area contributed by atoms with Crippen LogP contribution in [0.5, 0.6) is 11.5 Å². The van der Waals surface area contributed by atoms with E-state index >= 15 is 0 Å². The third-order valence-corrected chi connectivity index (χ3v) is 5.66. The zero-order valence-electron chi connectivity index (χ0n) is 18.7. The van der Waals surface area contributed by atoms with Gasteiger partial charge in [0.15, 0.2) is 11.5 Å². The van der Waals surface area contributed by atoms with Crippen LogP contribution in [0.4, 0.5) is 11.6 Å². The molecule has 2 aromatic heterocycles. The average molecular weight is 492 g/mol. The highest BCUT2D eigenvalue weighted by Crippen LogP contribution is 2.34. The Morgan fingerprint density at radius 2 is 2.06 bits per heavy atom. The largest absolute Gasteiger partial charge is 0.454 e. The molecule has 0 spiro atoms. The Balaban J connectivity index is 1.33. The third kappa shape index (κ3) is 4.88. The van der Waals surface area contributed by atoms with Crippen molar-refractivity contribution < 1.29 is 14.3 Å². The van der Waals surface area contributed by atoms with Gasteiger partial charge in [0.05, 0.1) is 6.04 Å². The van der Waals surface area contributed by atoms with Crippen LogP contribution in [0.3, 0.4) is 0 Å². The number of halogens is 1. The molecule has 2 aromatic carbocycles. The van der Waals surface area contributed by atoms with Crippen molar-refractivity contribution in [1.82, 2.24) is 24.8 Å². The summed E-state index contributed by atoms with van der Waals surface area (Å²) in [5, 5.41) is 6.64. The van der Waals surface area contributed by atoms with Gasteiger partial charge in [0.25, 0.3) is 5.91 Å². The van der Waals surface area contributed by atoms with Gasteiger partial charge >= 0.3 is 0 Å². The molecule has 0 saturated carbocycles. The van der Waals surface area contributed by atoms with Crippen LogP contribution in [0.1, 0.15) is 27.7 Å². The fourth-order valence-corrected chi connectivity index (χ4v) is 3.85. The Labute approximate surface area is 206 Å². The second-order valence-electron chi connectivity index (χ2n) is 7.88. The molecule has 5 rings (SSSR count). The number of carbonyl (C=O) groups excluding carboxylic acids is 1. The fraction of sp³-hybridized carbons (Fsp3) is 0.167. The molecule has 0 radical (unpaired) electrons. The number of nitrogens with two attached hydrogens (primary N) is 1. The zero-order chi connectivity index (χ0) is 24.4. The number of imidazole rings is 1. The van der Waals surface area contributed by atoms with Crippen molar-refractivity contribution in [3.8, 4) is 17.3 Å². The molecule has 1 atom stereocenters. The molecule has 0 bridgehead atoms. The summed E-state index contributed by atoms with van der Waals surface area (Å²) in [4.78, 5) is 26.1. The standard InChI is InChI=1S/C24H22ClN7O3/c1-14-10-27-24(29-17-5-6-20-21(8-17)35-13-34-20)31-22(14)32-11-19(28-12-32)23(33)30-18(9-26)15-3-2-4-16(25)7-15/h2-8,10-12,18H,9,13,26H2,1H3,(H,30,33)(H,27,29,31). The number of nitrogens with one attached hydrogen (secondary N) is 2. The van der Waals surface area contributed by atoms with E-state index < -0.39 is 6.04 Å². The molecule has 4 N–H and O–H groups in total. The van der Waals surface area contributed by atoms with Gasteiger partial charge in [-0.3, -0.25) is 9.36 Å². The monoisotopic (exact) mass is 491 g/mol. The summed E-state index contributed by atoms with van der Waals surface area (Å²) in [5.41, 5.74) is 8.50. The number of amides is 1. The normalized spacial score (nSPS) is 12.9. The van der Waals surface area contributed by atoms with Crippen LogP contribution >= 0.6 is 11.6 Å². The van der Waals surface area contributed by atoms with Crippen molar-refractivity contribution in [3.05, 3.63) is 83.0 Å². The van der Waals surface area contributed by atoms with E-state index in [2.05, 4.69) is 25.6 Å². The summed E-state index contributed by atoms with van der Waals surface area (Å²) in [6, 6.07) is 12.3. The molecule has 0 aliphatic carbocycles. The molecule has 1 aliphatic rings. The predicted molar refractivity (Wildman–Crippen MR) is 130 cm³/mol. The molecule has 10 nitrogen and oxygen atoms in total. The SMILES string of the molecule is Cc1cnc(Nc2ccc3c(c2)OCO3)nc1-n1cnc(C(=O)NC(CN)c2cccc(Cl)c2)c1. The molecule has 3 heterocycles. The van der Waals surface area contributed by atoms with E-state index in [0.717, 1.165) is 16.8 Å². The van der Waals surface area contributed by atoms with E-state index in [-0.39, 0.29) is 24.9 Å². The number of ether oxygens (including phenoxy) is 2. The van der Waals surface area contributed by atoms with E-state index in [1.165, 1.54) is 6.33 Å². The van der Waals surface area contributed by atoms with Crippen molar-refractivity contribution in [2.24, 2.45) is 5.73 Å². The number of nitrogens with zero attached hydrogens (tertiary/aromatic N) is 4. The van der Waals surface area contributed by atoms with Gasteiger partial charge < -0.3 is 25.8 Å². The second-order valence-corrected chi connectivity index (χ2v) is 8.31. The molecule has 1 unspecified atom stereocenters. The highest BCUT2D eigenvalue weighted by atomic mass is 35.5. The van der Waals surface area contributed by atoms with Crippen molar-refractivity contribution in [2.75, 3.05) is 18.7 Å². The maximum Gasteiger partial charge on any atom is 0.272 e. The van der Waals surface area contributed by atoms with Crippen LogP contribution < -0.4 is 25.8 Å². The van der Waals surface area contributed by atoms with Crippen molar-refractivity contribution in [3.63, 3.8) is 0 Å². The molecule has 11 heteroatoms. The van der Waals surface area contributed by atoms with Crippen molar-refractivity contribution >= 4 is 29.1 Å². The van der Waals surface area contributed by atoms with Gasteiger partial charge in [-0.05, 0) is 36.8 Å². The molecule has 4 aromatic rings. The quantitative estimate of drug-likeness (QED) is 0.358. The summed E-state index contributed by atoms with van der Waals surface area (Å²) in [7, 11) is 0. The van der Waals surface area contributed by atoms with E-state index in [1.807, 2.05) is 37.3 Å². The second kappa shape index (κ2) is 9.61. The fourth-order valence-electron chi connectivity index (χ4n) is 3.65. The first-order valence-corrected chi connectivity index (χ1v) is 11.2. The number of hydrogen-bond donors (Lipinski definition) is 3. The first kappa shape index (κ1) is 22.6. The number of aromatic nitrogens is 4. The van der Waals surface area contributed by atoms with Gasteiger partial charge in [-0.1, -0.05) is 23.7 Å². The Morgan fingerprint density at radius 3 is 2.89 bits per heavy atom. The van der Waals surface area contributed by atoms with Crippen LogP contribution in [0.25, 0.3) is 5.82 Å². The third-order valence-electron chi connectivity index (χ3n) is 5.43. The molecule has 0 saturated heterocycles. The lowest BCUT2D eigenvalue weighted by Crippen LogP contribution is -2.33. The average Bonchev–Trinajstić information content (AvgIpc) is 3.53.